The Morgan fingerprint density at radius 1 is 0.571 bits per heavy atom. The van der Waals surface area contributed by atoms with Crippen LogP contribution in [0.4, 0.5) is 0 Å². The van der Waals surface area contributed by atoms with Crippen molar-refractivity contribution in [1.29, 1.82) is 0 Å². The number of aliphatic hydroxyl groups excluding tert-OH is 6. The molecule has 0 spiro atoms. The van der Waals surface area contributed by atoms with E-state index in [2.05, 4.69) is 4.74 Å². The Kier molecular flexibility index (Phi) is 41.5. The lowest BCUT2D eigenvalue weighted by molar-refractivity contribution is -0.148. The lowest BCUT2D eigenvalue weighted by atomic mass is 10.7. The van der Waals surface area contributed by atoms with Crippen LogP contribution in [0.5, 0.6) is 0 Å². The van der Waals surface area contributed by atoms with Gasteiger partial charge < -0.3 is 45.6 Å². The Balaban J connectivity index is -0.000000102. The first-order valence-electron chi connectivity index (χ1n) is 5.54. The maximum absolute atomic E-state index is 9.66. The van der Waals surface area contributed by atoms with Gasteiger partial charge in [-0.05, 0) is 0 Å². The lowest BCUT2D eigenvalue weighted by Gasteiger charge is -1.92. The second kappa shape index (κ2) is 31.2. The number of hydrogen-bond donors (Lipinski definition) is 8. The number of aliphatic hydroxyl groups is 6. The molecule has 0 aromatic heterocycles. The molecule has 0 unspecified atom stereocenters. The van der Waals surface area contributed by atoms with Gasteiger partial charge in [0.2, 0.25) is 0 Å². The van der Waals surface area contributed by atoms with Crippen molar-refractivity contribution in [2.24, 2.45) is 0 Å². The minimum atomic E-state index is -1.17. The van der Waals surface area contributed by atoms with E-state index in [1.54, 1.807) is 0 Å². The summed E-state index contributed by atoms with van der Waals surface area (Å²) in [6.07, 6.45) is 0. The predicted molar refractivity (Wildman–Crippen MR) is 68.6 cm³/mol. The van der Waals surface area contributed by atoms with Crippen LogP contribution in [-0.2, 0) is 14.3 Å². The van der Waals surface area contributed by atoms with Crippen molar-refractivity contribution in [1.82, 2.24) is 0 Å². The van der Waals surface area contributed by atoms with Gasteiger partial charge in [0.15, 0.2) is 0 Å². The Hall–Kier alpha value is -1.34. The zero-order valence-corrected chi connectivity index (χ0v) is 11.5. The summed E-state index contributed by atoms with van der Waals surface area (Å²) in [6, 6.07) is 0. The summed E-state index contributed by atoms with van der Waals surface area (Å²) in [5.74, 6) is -2.34. The lowest BCUT2D eigenvalue weighted by Crippen LogP contribution is -2.13. The molecule has 0 aliphatic rings. The van der Waals surface area contributed by atoms with Crippen molar-refractivity contribution in [2.75, 3.05) is 52.9 Å². The molecular formula is C10H24O11. The van der Waals surface area contributed by atoms with Crippen molar-refractivity contribution in [3.05, 3.63) is 0 Å². The average molecular weight is 320 g/mol. The normalized spacial score (nSPS) is 8.10. The summed E-state index contributed by atoms with van der Waals surface area (Å²) in [5, 5.41) is 61.6. The van der Waals surface area contributed by atoms with Crippen LogP contribution in [0, 0.1) is 0 Å². The van der Waals surface area contributed by atoms with Crippen LogP contribution < -0.4 is 0 Å². The molecule has 11 heteroatoms. The molecule has 21 heavy (non-hydrogen) atoms. The molecule has 130 valence electrons. The molecule has 0 amide bonds. The maximum Gasteiger partial charge on any atom is 0.329 e. The zero-order chi connectivity index (χ0) is 17.5. The third kappa shape index (κ3) is 88.3. The second-order valence-electron chi connectivity index (χ2n) is 2.62. The van der Waals surface area contributed by atoms with Crippen LogP contribution in [0.15, 0.2) is 0 Å². The van der Waals surface area contributed by atoms with Gasteiger partial charge in [-0.3, -0.25) is 0 Å². The summed E-state index contributed by atoms with van der Waals surface area (Å²) in [7, 11) is 0. The summed E-state index contributed by atoms with van der Waals surface area (Å²) >= 11 is 0. The molecule has 0 aliphatic heterocycles. The maximum atomic E-state index is 9.66. The van der Waals surface area contributed by atoms with E-state index >= 15 is 0 Å². The first kappa shape index (κ1) is 27.9. The first-order chi connectivity index (χ1) is 9.87. The molecule has 11 nitrogen and oxygen atoms in total. The number of ether oxygens (including phenoxy) is 1. The molecule has 8 N–H and O–H groups in total. The molecule has 0 radical (unpaired) electrons. The zero-order valence-electron chi connectivity index (χ0n) is 11.5. The van der Waals surface area contributed by atoms with Gasteiger partial charge >= 0.3 is 11.9 Å². The molecule has 0 aromatic rings. The van der Waals surface area contributed by atoms with E-state index in [4.69, 9.17) is 40.9 Å². The molecule has 0 saturated heterocycles. The highest BCUT2D eigenvalue weighted by Crippen LogP contribution is 1.73. The summed E-state index contributed by atoms with van der Waals surface area (Å²) in [5.41, 5.74) is 0. The molecule has 0 aromatic carbocycles. The highest BCUT2D eigenvalue weighted by atomic mass is 16.5. The topological polar surface area (TPSA) is 205 Å². The van der Waals surface area contributed by atoms with Crippen molar-refractivity contribution in [3.63, 3.8) is 0 Å². The summed E-state index contributed by atoms with van der Waals surface area (Å²) < 4.78 is 4.16. The van der Waals surface area contributed by atoms with Gasteiger partial charge in [0.25, 0.3) is 0 Å². The SMILES string of the molecule is O=C(O)COCC(=O)O.OCCO.OCCO.OCCO. The molecule has 0 saturated carbocycles. The van der Waals surface area contributed by atoms with Crippen LogP contribution >= 0.6 is 0 Å². The molecule has 0 rings (SSSR count). The van der Waals surface area contributed by atoms with Gasteiger partial charge in [-0.1, -0.05) is 0 Å². The van der Waals surface area contributed by atoms with E-state index in [-0.39, 0.29) is 39.6 Å². The minimum Gasteiger partial charge on any atom is -0.480 e. The van der Waals surface area contributed by atoms with Gasteiger partial charge in [0.1, 0.15) is 13.2 Å². The van der Waals surface area contributed by atoms with Gasteiger partial charge in [0, 0.05) is 0 Å². The fourth-order valence-corrected chi connectivity index (χ4v) is 0.226. The van der Waals surface area contributed by atoms with Crippen LogP contribution in [0.1, 0.15) is 0 Å². The quantitative estimate of drug-likeness (QED) is 0.227. The Bertz CT molecular complexity index is 168. The van der Waals surface area contributed by atoms with Gasteiger partial charge in [0.05, 0.1) is 39.6 Å². The van der Waals surface area contributed by atoms with Crippen LogP contribution in [-0.4, -0.2) is 106 Å². The third-order valence-corrected chi connectivity index (χ3v) is 0.751. The fourth-order valence-electron chi connectivity index (χ4n) is 0.226. The van der Waals surface area contributed by atoms with Crippen LogP contribution in [0.25, 0.3) is 0 Å². The molecule has 0 heterocycles. The van der Waals surface area contributed by atoms with E-state index < -0.39 is 25.2 Å². The summed E-state index contributed by atoms with van der Waals surface area (Å²) in [6.45, 7) is -1.88. The summed E-state index contributed by atoms with van der Waals surface area (Å²) in [4.78, 5) is 19.3. The largest absolute Gasteiger partial charge is 0.480 e. The van der Waals surface area contributed by atoms with E-state index in [1.165, 1.54) is 0 Å². The second-order valence-corrected chi connectivity index (χ2v) is 2.62. The monoisotopic (exact) mass is 320 g/mol. The Labute approximate surface area is 121 Å². The van der Waals surface area contributed by atoms with Gasteiger partial charge in [-0.15, -0.1) is 0 Å². The molecule has 0 atom stereocenters. The molecule has 0 fully saturated rings. The van der Waals surface area contributed by atoms with Gasteiger partial charge in [-0.25, -0.2) is 9.59 Å². The van der Waals surface area contributed by atoms with E-state index in [0.717, 1.165) is 0 Å². The first-order valence-corrected chi connectivity index (χ1v) is 5.54. The van der Waals surface area contributed by atoms with Crippen LogP contribution in [0.2, 0.25) is 0 Å². The number of carboxylic acids is 2. The van der Waals surface area contributed by atoms with Crippen molar-refractivity contribution < 1.29 is 55.2 Å². The smallest absolute Gasteiger partial charge is 0.329 e. The predicted octanol–water partition coefficient (Wildman–Crippen LogP) is -3.91. The van der Waals surface area contributed by atoms with E-state index in [1.807, 2.05) is 0 Å². The van der Waals surface area contributed by atoms with Crippen LogP contribution in [0.3, 0.4) is 0 Å². The fraction of sp³-hybridized carbons (Fsp3) is 0.800. The Morgan fingerprint density at radius 2 is 0.762 bits per heavy atom. The third-order valence-electron chi connectivity index (χ3n) is 0.751. The number of aliphatic carboxylic acids is 2. The van der Waals surface area contributed by atoms with E-state index in [0.29, 0.717) is 0 Å². The van der Waals surface area contributed by atoms with E-state index in [9.17, 15) is 9.59 Å². The van der Waals surface area contributed by atoms with Crippen molar-refractivity contribution >= 4 is 11.9 Å². The number of hydrogen-bond acceptors (Lipinski definition) is 9. The molecular weight excluding hydrogens is 296 g/mol. The average Bonchev–Trinajstić information content (AvgIpc) is 2.47. The standard InChI is InChI=1S/C4H6O5.3C2H6O2/c5-3(6)1-9-2-4(7)8;3*3-1-2-4/h1-2H2,(H,5,6)(H,7,8);3*3-4H,1-2H2. The minimum absolute atomic E-state index is 0.125. The van der Waals surface area contributed by atoms with Crippen molar-refractivity contribution in [2.45, 2.75) is 0 Å². The Morgan fingerprint density at radius 3 is 0.857 bits per heavy atom. The number of carboxylic acid groups (broad SMARTS) is 2. The highest BCUT2D eigenvalue weighted by Gasteiger charge is 1.98. The van der Waals surface area contributed by atoms with Gasteiger partial charge in [-0.2, -0.15) is 0 Å². The highest BCUT2D eigenvalue weighted by molar-refractivity contribution is 5.70. The number of carbonyl (C=O) groups is 2. The number of rotatable bonds is 7. The van der Waals surface area contributed by atoms with Crippen molar-refractivity contribution in [3.8, 4) is 0 Å². The molecule has 0 bridgehead atoms. The molecule has 0 aliphatic carbocycles.